The van der Waals surface area contributed by atoms with Crippen molar-refractivity contribution in [2.24, 2.45) is 5.73 Å². The van der Waals surface area contributed by atoms with Crippen LogP contribution in [0.4, 0.5) is 0 Å². The summed E-state index contributed by atoms with van der Waals surface area (Å²) in [6.45, 7) is 1.94. The summed E-state index contributed by atoms with van der Waals surface area (Å²) in [7, 11) is 0. The summed E-state index contributed by atoms with van der Waals surface area (Å²) in [6.07, 6.45) is 0.598. The van der Waals surface area contributed by atoms with Crippen molar-refractivity contribution in [3.05, 3.63) is 70.3 Å². The number of nitrogens with two attached hydrogens (primary N) is 1. The van der Waals surface area contributed by atoms with E-state index in [0.717, 1.165) is 5.69 Å². The highest BCUT2D eigenvalue weighted by Gasteiger charge is 2.16. The monoisotopic (exact) mass is 293 g/mol. The smallest absolute Gasteiger partial charge is 0.266 e. The van der Waals surface area contributed by atoms with E-state index in [0.29, 0.717) is 17.8 Å². The van der Waals surface area contributed by atoms with Crippen molar-refractivity contribution in [2.75, 3.05) is 0 Å². The number of amides is 1. The Labute approximate surface area is 127 Å². The maximum atomic E-state index is 12.9. The Bertz CT molecular complexity index is 914. The minimum Gasteiger partial charge on any atom is -0.366 e. The molecular formula is C17H15N3O2. The van der Waals surface area contributed by atoms with Gasteiger partial charge in [-0.2, -0.15) is 0 Å². The van der Waals surface area contributed by atoms with E-state index in [1.165, 1.54) is 4.57 Å². The van der Waals surface area contributed by atoms with Crippen LogP contribution in [0.15, 0.2) is 53.3 Å². The van der Waals surface area contributed by atoms with Crippen molar-refractivity contribution in [1.82, 2.24) is 9.55 Å². The Kier molecular flexibility index (Phi) is 3.47. The van der Waals surface area contributed by atoms with Gasteiger partial charge in [-0.15, -0.1) is 0 Å². The standard InChI is InChI=1S/C17H15N3O2/c1-2-14-19-13-10-6-9-12(16(18)21)15(13)17(22)20(14)11-7-4-3-5-8-11/h3-10H,2H2,1H3,(H2,18,21). The van der Waals surface area contributed by atoms with Gasteiger partial charge in [0.1, 0.15) is 5.82 Å². The summed E-state index contributed by atoms with van der Waals surface area (Å²) in [6, 6.07) is 14.2. The summed E-state index contributed by atoms with van der Waals surface area (Å²) < 4.78 is 1.54. The molecule has 0 aliphatic heterocycles. The van der Waals surface area contributed by atoms with Gasteiger partial charge in [-0.1, -0.05) is 31.2 Å². The normalized spacial score (nSPS) is 10.8. The molecule has 3 rings (SSSR count). The molecule has 0 aliphatic carbocycles. The fourth-order valence-corrected chi connectivity index (χ4v) is 2.56. The number of carbonyl (C=O) groups is 1. The van der Waals surface area contributed by atoms with Gasteiger partial charge < -0.3 is 5.73 Å². The van der Waals surface area contributed by atoms with Crippen molar-refractivity contribution in [3.8, 4) is 5.69 Å². The summed E-state index contributed by atoms with van der Waals surface area (Å²) >= 11 is 0. The molecule has 110 valence electrons. The number of carbonyl (C=O) groups excluding carboxylic acids is 1. The van der Waals surface area contributed by atoms with Crippen LogP contribution in [0, 0.1) is 0 Å². The van der Waals surface area contributed by atoms with Crippen molar-refractivity contribution in [1.29, 1.82) is 0 Å². The first kappa shape index (κ1) is 14.0. The molecule has 1 heterocycles. The van der Waals surface area contributed by atoms with Gasteiger partial charge in [0.2, 0.25) is 5.91 Å². The summed E-state index contributed by atoms with van der Waals surface area (Å²) in [5, 5.41) is 0.260. The number of aromatic nitrogens is 2. The van der Waals surface area contributed by atoms with E-state index >= 15 is 0 Å². The zero-order chi connectivity index (χ0) is 15.7. The molecule has 0 aliphatic rings. The van der Waals surface area contributed by atoms with Crippen LogP contribution in [0.2, 0.25) is 0 Å². The second-order valence-corrected chi connectivity index (χ2v) is 4.92. The molecule has 0 saturated carbocycles. The Morgan fingerprint density at radius 2 is 1.86 bits per heavy atom. The molecule has 3 aromatic rings. The van der Waals surface area contributed by atoms with E-state index < -0.39 is 5.91 Å². The first-order chi connectivity index (χ1) is 10.6. The highest BCUT2D eigenvalue weighted by Crippen LogP contribution is 2.16. The lowest BCUT2D eigenvalue weighted by atomic mass is 10.1. The first-order valence-corrected chi connectivity index (χ1v) is 7.03. The largest absolute Gasteiger partial charge is 0.366 e. The lowest BCUT2D eigenvalue weighted by Crippen LogP contribution is -2.26. The molecule has 0 atom stereocenters. The maximum absolute atomic E-state index is 12.9. The predicted octanol–water partition coefficient (Wildman–Crippen LogP) is 2.05. The quantitative estimate of drug-likeness (QED) is 0.802. The number of fused-ring (bicyclic) bond motifs is 1. The number of rotatable bonds is 3. The fraction of sp³-hybridized carbons (Fsp3) is 0.118. The van der Waals surface area contributed by atoms with Gasteiger partial charge in [0.25, 0.3) is 5.56 Å². The van der Waals surface area contributed by atoms with Crippen LogP contribution in [0.3, 0.4) is 0 Å². The maximum Gasteiger partial charge on any atom is 0.266 e. The Morgan fingerprint density at radius 1 is 1.14 bits per heavy atom. The van der Waals surface area contributed by atoms with E-state index in [2.05, 4.69) is 4.98 Å². The molecule has 0 unspecified atom stereocenters. The number of benzene rings is 2. The highest BCUT2D eigenvalue weighted by atomic mass is 16.1. The molecule has 1 amide bonds. The molecule has 5 heteroatoms. The van der Waals surface area contributed by atoms with Crippen molar-refractivity contribution >= 4 is 16.8 Å². The molecule has 0 saturated heterocycles. The van der Waals surface area contributed by atoms with E-state index in [9.17, 15) is 9.59 Å². The van der Waals surface area contributed by atoms with Gasteiger partial charge in [0.15, 0.2) is 0 Å². The number of primary amides is 1. The Morgan fingerprint density at radius 3 is 2.50 bits per heavy atom. The van der Waals surface area contributed by atoms with E-state index in [1.54, 1.807) is 18.2 Å². The highest BCUT2D eigenvalue weighted by molar-refractivity contribution is 6.05. The minimum absolute atomic E-state index is 0.197. The van der Waals surface area contributed by atoms with Gasteiger partial charge in [0, 0.05) is 6.42 Å². The SMILES string of the molecule is CCc1nc2cccc(C(N)=O)c2c(=O)n1-c1ccccc1. The van der Waals surface area contributed by atoms with Gasteiger partial charge in [-0.3, -0.25) is 14.2 Å². The molecule has 0 radical (unpaired) electrons. The van der Waals surface area contributed by atoms with Gasteiger partial charge in [-0.25, -0.2) is 4.98 Å². The van der Waals surface area contributed by atoms with Crippen LogP contribution in [0.5, 0.6) is 0 Å². The molecule has 0 bridgehead atoms. The second-order valence-electron chi connectivity index (χ2n) is 4.92. The number of nitrogens with zero attached hydrogens (tertiary/aromatic N) is 2. The van der Waals surface area contributed by atoms with Crippen LogP contribution in [-0.2, 0) is 6.42 Å². The van der Waals surface area contributed by atoms with Crippen molar-refractivity contribution in [3.63, 3.8) is 0 Å². The van der Waals surface area contributed by atoms with Crippen molar-refractivity contribution < 1.29 is 4.79 Å². The molecular weight excluding hydrogens is 278 g/mol. The molecule has 0 spiro atoms. The molecule has 0 fully saturated rings. The summed E-state index contributed by atoms with van der Waals surface area (Å²) in [5.41, 5.74) is 6.53. The van der Waals surface area contributed by atoms with E-state index in [-0.39, 0.29) is 16.5 Å². The minimum atomic E-state index is -0.631. The molecule has 2 N–H and O–H groups in total. The molecule has 22 heavy (non-hydrogen) atoms. The topological polar surface area (TPSA) is 78.0 Å². The average Bonchev–Trinajstić information content (AvgIpc) is 2.54. The zero-order valence-electron chi connectivity index (χ0n) is 12.1. The van der Waals surface area contributed by atoms with Crippen LogP contribution in [-0.4, -0.2) is 15.5 Å². The third kappa shape index (κ3) is 2.16. The third-order valence-corrected chi connectivity index (χ3v) is 3.56. The number of hydrogen-bond acceptors (Lipinski definition) is 3. The van der Waals surface area contributed by atoms with E-state index in [4.69, 9.17) is 5.73 Å². The van der Waals surface area contributed by atoms with Crippen molar-refractivity contribution in [2.45, 2.75) is 13.3 Å². The van der Waals surface area contributed by atoms with Crippen LogP contribution < -0.4 is 11.3 Å². The van der Waals surface area contributed by atoms with Gasteiger partial charge >= 0.3 is 0 Å². The predicted molar refractivity (Wildman–Crippen MR) is 85.2 cm³/mol. The van der Waals surface area contributed by atoms with E-state index in [1.807, 2.05) is 37.3 Å². The zero-order valence-corrected chi connectivity index (χ0v) is 12.1. The number of aryl methyl sites for hydroxylation is 1. The Hall–Kier alpha value is -2.95. The number of para-hydroxylation sites is 1. The van der Waals surface area contributed by atoms with Gasteiger partial charge in [0.05, 0.1) is 22.2 Å². The lowest BCUT2D eigenvalue weighted by Gasteiger charge is -2.13. The third-order valence-electron chi connectivity index (χ3n) is 3.56. The fourth-order valence-electron chi connectivity index (χ4n) is 2.56. The second kappa shape index (κ2) is 5.44. The molecule has 1 aromatic heterocycles. The average molecular weight is 293 g/mol. The Balaban J connectivity index is 2.47. The first-order valence-electron chi connectivity index (χ1n) is 7.03. The lowest BCUT2D eigenvalue weighted by molar-refractivity contribution is 0.100. The van der Waals surface area contributed by atoms with Crippen LogP contribution in [0.1, 0.15) is 23.1 Å². The molecule has 2 aromatic carbocycles. The summed E-state index contributed by atoms with van der Waals surface area (Å²) in [4.78, 5) is 29.1. The van der Waals surface area contributed by atoms with Gasteiger partial charge in [-0.05, 0) is 24.3 Å². The van der Waals surface area contributed by atoms with Crippen LogP contribution in [0.25, 0.3) is 16.6 Å². The van der Waals surface area contributed by atoms with Crippen LogP contribution >= 0.6 is 0 Å². The summed E-state index contributed by atoms with van der Waals surface area (Å²) in [5.74, 6) is 0.0127. The molecule has 5 nitrogen and oxygen atoms in total. The number of hydrogen-bond donors (Lipinski definition) is 1.